The summed E-state index contributed by atoms with van der Waals surface area (Å²) in [6.07, 6.45) is 2.76. The first kappa shape index (κ1) is 28.7. The number of rotatable bonds is 9. The van der Waals surface area contributed by atoms with E-state index in [1.807, 2.05) is 80.6 Å². The van der Waals surface area contributed by atoms with E-state index in [1.165, 1.54) is 17.3 Å². The van der Waals surface area contributed by atoms with Gasteiger partial charge in [0.2, 0.25) is 0 Å². The molecule has 5 nitrogen and oxygen atoms in total. The lowest BCUT2D eigenvalue weighted by Crippen LogP contribution is -2.36. The molecule has 0 aliphatic carbocycles. The molecule has 3 aromatic carbocycles. The van der Waals surface area contributed by atoms with Crippen LogP contribution in [-0.4, -0.2) is 28.6 Å². The number of thioether (sulfide) groups is 1. The number of halogens is 2. The van der Waals surface area contributed by atoms with Gasteiger partial charge in [-0.1, -0.05) is 52.7 Å². The third kappa shape index (κ3) is 7.01. The summed E-state index contributed by atoms with van der Waals surface area (Å²) in [5.74, 6) is 1.33. The summed E-state index contributed by atoms with van der Waals surface area (Å²) in [6.45, 7) is 9.07. The molecule has 1 saturated heterocycles. The van der Waals surface area contributed by atoms with Crippen LogP contribution in [0.3, 0.4) is 0 Å². The fourth-order valence-electron chi connectivity index (χ4n) is 3.83. The zero-order chi connectivity index (χ0) is 27.2. The Bertz CT molecular complexity index is 1360. The van der Waals surface area contributed by atoms with Gasteiger partial charge in [-0.3, -0.25) is 9.69 Å². The van der Waals surface area contributed by atoms with Gasteiger partial charge < -0.3 is 9.47 Å². The molecule has 0 N–H and O–H groups in total. The lowest BCUT2D eigenvalue weighted by Gasteiger charge is -2.22. The Kier molecular flexibility index (Phi) is 9.95. The van der Waals surface area contributed by atoms with Crippen molar-refractivity contribution in [3.05, 3.63) is 90.3 Å². The predicted molar refractivity (Wildman–Crippen MR) is 169 cm³/mol. The molecule has 0 aromatic heterocycles. The van der Waals surface area contributed by atoms with E-state index in [-0.39, 0.29) is 11.9 Å². The summed E-state index contributed by atoms with van der Waals surface area (Å²) in [6, 6.07) is 20.1. The average Bonchev–Trinajstić information content (AvgIpc) is 3.19. The van der Waals surface area contributed by atoms with Crippen molar-refractivity contribution in [2.75, 3.05) is 6.61 Å². The van der Waals surface area contributed by atoms with Gasteiger partial charge in [-0.25, -0.2) is 4.99 Å². The predicted octanol–water partition coefficient (Wildman–Crippen LogP) is 8.74. The molecule has 38 heavy (non-hydrogen) atoms. The highest BCUT2D eigenvalue weighted by molar-refractivity contribution is 14.1. The van der Waals surface area contributed by atoms with E-state index >= 15 is 0 Å². The van der Waals surface area contributed by atoms with Crippen LogP contribution in [0.25, 0.3) is 6.08 Å². The first-order chi connectivity index (χ1) is 18.3. The zero-order valence-corrected chi connectivity index (χ0v) is 26.4. The van der Waals surface area contributed by atoms with Gasteiger partial charge in [0.25, 0.3) is 5.91 Å². The molecule has 1 amide bonds. The van der Waals surface area contributed by atoms with Crippen LogP contribution in [0.15, 0.2) is 75.0 Å². The summed E-state index contributed by atoms with van der Waals surface area (Å²) in [4.78, 5) is 20.8. The molecule has 0 radical (unpaired) electrons. The molecule has 0 saturated carbocycles. The number of nitrogens with zero attached hydrogens (tertiary/aromatic N) is 2. The molecule has 1 fully saturated rings. The highest BCUT2D eigenvalue weighted by Gasteiger charge is 2.36. The number of hydrogen-bond acceptors (Lipinski definition) is 5. The smallest absolute Gasteiger partial charge is 0.266 e. The Labute approximate surface area is 251 Å². The summed E-state index contributed by atoms with van der Waals surface area (Å²) in [5.41, 5.74) is 3.95. The van der Waals surface area contributed by atoms with Crippen molar-refractivity contribution in [1.29, 1.82) is 0 Å². The minimum absolute atomic E-state index is 0.0289. The number of aliphatic imine (C=N–C) groups is 1. The van der Waals surface area contributed by atoms with E-state index in [0.717, 1.165) is 31.3 Å². The van der Waals surface area contributed by atoms with Crippen molar-refractivity contribution >= 4 is 73.1 Å². The summed E-state index contributed by atoms with van der Waals surface area (Å²) in [7, 11) is 0. The van der Waals surface area contributed by atoms with Gasteiger partial charge in [0, 0.05) is 10.5 Å². The van der Waals surface area contributed by atoms with E-state index < -0.39 is 0 Å². The van der Waals surface area contributed by atoms with Crippen molar-refractivity contribution in [3.8, 4) is 11.5 Å². The SMILES string of the molecule is CCOc1cc(/C=C2/SC(=Nc3ccc(C)cc3)N([C@H](C)CC)C2=O)cc(I)c1OCc1ccc(Br)cc1. The van der Waals surface area contributed by atoms with E-state index in [2.05, 4.69) is 52.4 Å². The maximum atomic E-state index is 13.5. The van der Waals surface area contributed by atoms with Gasteiger partial charge in [-0.15, -0.1) is 0 Å². The molecule has 3 aromatic rings. The van der Waals surface area contributed by atoms with Gasteiger partial charge in [0.15, 0.2) is 16.7 Å². The summed E-state index contributed by atoms with van der Waals surface area (Å²) >= 11 is 7.15. The van der Waals surface area contributed by atoms with Crippen molar-refractivity contribution in [2.45, 2.75) is 46.8 Å². The zero-order valence-electron chi connectivity index (χ0n) is 21.8. The van der Waals surface area contributed by atoms with Crippen LogP contribution in [0, 0.1) is 10.5 Å². The third-order valence-electron chi connectivity index (χ3n) is 6.05. The Morgan fingerprint density at radius 2 is 1.79 bits per heavy atom. The highest BCUT2D eigenvalue weighted by Crippen LogP contribution is 2.39. The molecule has 0 spiro atoms. The Morgan fingerprint density at radius 3 is 2.45 bits per heavy atom. The lowest BCUT2D eigenvalue weighted by atomic mass is 10.1. The van der Waals surface area contributed by atoms with E-state index in [0.29, 0.717) is 34.8 Å². The number of amidine groups is 1. The van der Waals surface area contributed by atoms with Gasteiger partial charge in [0.1, 0.15) is 6.61 Å². The second-order valence-corrected chi connectivity index (χ2v) is 12.0. The first-order valence-corrected chi connectivity index (χ1v) is 15.2. The molecule has 0 bridgehead atoms. The number of carbonyl (C=O) groups is 1. The highest BCUT2D eigenvalue weighted by atomic mass is 127. The Morgan fingerprint density at radius 1 is 1.08 bits per heavy atom. The van der Waals surface area contributed by atoms with E-state index in [1.54, 1.807) is 4.90 Å². The average molecular weight is 705 g/mol. The number of benzene rings is 3. The Hall–Kier alpha value is -2.30. The molecule has 1 aliphatic rings. The number of ether oxygens (including phenoxy) is 2. The second kappa shape index (κ2) is 13.2. The van der Waals surface area contributed by atoms with Gasteiger partial charge in [0.05, 0.1) is 20.8 Å². The second-order valence-electron chi connectivity index (χ2n) is 8.95. The first-order valence-electron chi connectivity index (χ1n) is 12.5. The fraction of sp³-hybridized carbons (Fsp3) is 0.267. The van der Waals surface area contributed by atoms with Crippen LogP contribution < -0.4 is 9.47 Å². The normalized spacial score (nSPS) is 16.4. The van der Waals surface area contributed by atoms with Crippen LogP contribution in [0.2, 0.25) is 0 Å². The minimum Gasteiger partial charge on any atom is -0.490 e. The molecule has 8 heteroatoms. The molecule has 0 unspecified atom stereocenters. The molecular formula is C30H30BrIN2O3S. The summed E-state index contributed by atoms with van der Waals surface area (Å²) in [5, 5.41) is 0.702. The third-order valence-corrected chi connectivity index (χ3v) is 8.37. The molecule has 1 aliphatic heterocycles. The number of aryl methyl sites for hydroxylation is 1. The van der Waals surface area contributed by atoms with Gasteiger partial charge in [-0.05, 0) is 115 Å². The molecule has 4 rings (SSSR count). The molecule has 1 heterocycles. The molecule has 1 atom stereocenters. The number of carbonyl (C=O) groups excluding carboxylic acids is 1. The van der Waals surface area contributed by atoms with Crippen molar-refractivity contribution in [1.82, 2.24) is 4.90 Å². The van der Waals surface area contributed by atoms with Crippen LogP contribution in [0.4, 0.5) is 5.69 Å². The fourth-order valence-corrected chi connectivity index (χ4v) is 5.96. The standard InChI is InChI=1S/C30H30BrIN2O3S/c1-5-20(4)34-29(35)27(38-30(34)33-24-13-7-19(3)8-14-24)17-22-15-25(32)28(26(16-22)36-6-2)37-18-21-9-11-23(31)12-10-21/h7-17,20H,5-6,18H2,1-4H3/b27-17+,33-30?/t20-/m1/s1. The van der Waals surface area contributed by atoms with E-state index in [9.17, 15) is 4.79 Å². The van der Waals surface area contributed by atoms with Gasteiger partial charge in [-0.2, -0.15) is 0 Å². The van der Waals surface area contributed by atoms with Crippen molar-refractivity contribution in [3.63, 3.8) is 0 Å². The van der Waals surface area contributed by atoms with Crippen molar-refractivity contribution < 1.29 is 14.3 Å². The van der Waals surface area contributed by atoms with Crippen LogP contribution in [0.1, 0.15) is 43.9 Å². The quantitative estimate of drug-likeness (QED) is 0.165. The van der Waals surface area contributed by atoms with Crippen LogP contribution in [0.5, 0.6) is 11.5 Å². The van der Waals surface area contributed by atoms with E-state index in [4.69, 9.17) is 14.5 Å². The Balaban J connectivity index is 1.64. The maximum absolute atomic E-state index is 13.5. The number of amides is 1. The van der Waals surface area contributed by atoms with Crippen molar-refractivity contribution in [2.24, 2.45) is 4.99 Å². The molecule has 198 valence electrons. The summed E-state index contributed by atoms with van der Waals surface area (Å²) < 4.78 is 14.1. The topological polar surface area (TPSA) is 51.1 Å². The molecular weight excluding hydrogens is 675 g/mol. The monoisotopic (exact) mass is 704 g/mol. The van der Waals surface area contributed by atoms with Gasteiger partial charge >= 0.3 is 0 Å². The number of hydrogen-bond donors (Lipinski definition) is 0. The van der Waals surface area contributed by atoms with Crippen LogP contribution in [-0.2, 0) is 11.4 Å². The minimum atomic E-state index is -0.0289. The lowest BCUT2D eigenvalue weighted by molar-refractivity contribution is -0.123. The maximum Gasteiger partial charge on any atom is 0.266 e. The largest absolute Gasteiger partial charge is 0.490 e. The van der Waals surface area contributed by atoms with Crippen LogP contribution >= 0.6 is 50.3 Å².